The van der Waals surface area contributed by atoms with Gasteiger partial charge < -0.3 is 14.9 Å². The van der Waals surface area contributed by atoms with E-state index >= 15 is 0 Å². The van der Waals surface area contributed by atoms with Gasteiger partial charge in [0.25, 0.3) is 5.56 Å². The van der Waals surface area contributed by atoms with Crippen LogP contribution in [-0.4, -0.2) is 38.4 Å². The molecule has 0 amide bonds. The summed E-state index contributed by atoms with van der Waals surface area (Å²) in [4.78, 5) is 30.9. The average molecular weight is 483 g/mol. The summed E-state index contributed by atoms with van der Waals surface area (Å²) in [5.41, 5.74) is 1.73. The Morgan fingerprint density at radius 2 is 1.88 bits per heavy atom. The minimum Gasteiger partial charge on any atom is -0.504 e. The zero-order valence-electron chi connectivity index (χ0n) is 17.7. The van der Waals surface area contributed by atoms with Gasteiger partial charge in [0.1, 0.15) is 5.75 Å². The molecule has 0 saturated heterocycles. The van der Waals surface area contributed by atoms with Gasteiger partial charge in [-0.1, -0.05) is 29.4 Å². The number of Topliss-reactive ketones (excluding diaryl/α,β-unsaturated/α-hetero) is 1. The Morgan fingerprint density at radius 3 is 2.61 bits per heavy atom. The van der Waals surface area contributed by atoms with Crippen LogP contribution in [0.25, 0.3) is 16.6 Å². The Bertz CT molecular complexity index is 1450. The standard InChI is InChI=1S/C24H19ClN2O5S/c1-13-3-8-22(32-2)18(9-13)27-23(31)16-6-5-15(25)11-17(16)26-24(27)33-12-21(30)14-4-7-19(28)20(29)10-14/h3-11,28-29H,12H2,1-2H3. The largest absolute Gasteiger partial charge is 0.504 e. The second-order valence-corrected chi connectivity index (χ2v) is 8.67. The molecule has 0 unspecified atom stereocenters. The summed E-state index contributed by atoms with van der Waals surface area (Å²) in [6.07, 6.45) is 0. The first kappa shape index (κ1) is 22.7. The SMILES string of the molecule is COc1ccc(C)cc1-n1c(SCC(=O)c2ccc(O)c(O)c2)nc2cc(Cl)ccc2c1=O. The van der Waals surface area contributed by atoms with Gasteiger partial charge in [-0.15, -0.1) is 0 Å². The van der Waals surface area contributed by atoms with Crippen molar-refractivity contribution in [2.24, 2.45) is 0 Å². The second kappa shape index (κ2) is 9.17. The molecular weight excluding hydrogens is 464 g/mol. The van der Waals surface area contributed by atoms with Crippen molar-refractivity contribution < 1.29 is 19.7 Å². The Labute approximate surface area is 198 Å². The zero-order valence-corrected chi connectivity index (χ0v) is 19.3. The Hall–Kier alpha value is -3.49. The van der Waals surface area contributed by atoms with Crippen LogP contribution in [0.4, 0.5) is 0 Å². The lowest BCUT2D eigenvalue weighted by Crippen LogP contribution is -2.23. The van der Waals surface area contributed by atoms with Crippen molar-refractivity contribution in [2.45, 2.75) is 12.1 Å². The molecule has 1 aromatic heterocycles. The minimum absolute atomic E-state index is 0.0587. The number of aromatic hydroxyl groups is 2. The molecule has 0 fully saturated rings. The number of rotatable bonds is 6. The first-order valence-electron chi connectivity index (χ1n) is 9.84. The molecule has 0 aliphatic carbocycles. The number of thioether (sulfide) groups is 1. The van der Waals surface area contributed by atoms with Gasteiger partial charge in [-0.05, 0) is 61.0 Å². The maximum absolute atomic E-state index is 13.5. The highest BCUT2D eigenvalue weighted by Crippen LogP contribution is 2.30. The fourth-order valence-electron chi connectivity index (χ4n) is 3.33. The molecular formula is C24H19ClN2O5S. The summed E-state index contributed by atoms with van der Waals surface area (Å²) >= 11 is 7.18. The number of phenolic OH excluding ortho intramolecular Hbond substituents is 2. The quantitative estimate of drug-likeness (QED) is 0.177. The number of ether oxygens (including phenoxy) is 1. The van der Waals surface area contributed by atoms with Crippen LogP contribution in [0.1, 0.15) is 15.9 Å². The number of halogens is 1. The number of fused-ring (bicyclic) bond motifs is 1. The van der Waals surface area contributed by atoms with Gasteiger partial charge in [0.15, 0.2) is 22.4 Å². The van der Waals surface area contributed by atoms with Gasteiger partial charge >= 0.3 is 0 Å². The van der Waals surface area contributed by atoms with Crippen molar-refractivity contribution in [3.05, 3.63) is 81.1 Å². The molecule has 0 spiro atoms. The van der Waals surface area contributed by atoms with Crippen LogP contribution in [0.15, 0.2) is 64.5 Å². The molecule has 0 saturated carbocycles. The van der Waals surface area contributed by atoms with E-state index in [4.69, 9.17) is 16.3 Å². The fourth-order valence-corrected chi connectivity index (χ4v) is 4.40. The van der Waals surface area contributed by atoms with Gasteiger partial charge in [-0.25, -0.2) is 4.98 Å². The maximum atomic E-state index is 13.5. The molecule has 0 aliphatic rings. The highest BCUT2D eigenvalue weighted by Gasteiger charge is 2.19. The third kappa shape index (κ3) is 4.53. The Kier molecular flexibility index (Phi) is 6.31. The second-order valence-electron chi connectivity index (χ2n) is 7.29. The number of aryl methyl sites for hydroxylation is 1. The molecule has 0 bridgehead atoms. The molecule has 0 atom stereocenters. The van der Waals surface area contributed by atoms with Crippen LogP contribution < -0.4 is 10.3 Å². The van der Waals surface area contributed by atoms with E-state index in [1.54, 1.807) is 24.3 Å². The molecule has 2 N–H and O–H groups in total. The third-order valence-electron chi connectivity index (χ3n) is 5.01. The lowest BCUT2D eigenvalue weighted by atomic mass is 10.1. The number of carbonyl (C=O) groups excluding carboxylic acids is 1. The smallest absolute Gasteiger partial charge is 0.266 e. The summed E-state index contributed by atoms with van der Waals surface area (Å²) in [6, 6.07) is 14.1. The molecule has 4 rings (SSSR count). The molecule has 3 aromatic carbocycles. The number of benzene rings is 3. The number of carbonyl (C=O) groups is 1. The van der Waals surface area contributed by atoms with Crippen molar-refractivity contribution in [2.75, 3.05) is 12.9 Å². The normalized spacial score (nSPS) is 11.0. The molecule has 168 valence electrons. The Morgan fingerprint density at radius 1 is 1.09 bits per heavy atom. The van der Waals surface area contributed by atoms with Crippen LogP contribution in [0, 0.1) is 6.92 Å². The van der Waals surface area contributed by atoms with Crippen molar-refractivity contribution in [1.29, 1.82) is 0 Å². The van der Waals surface area contributed by atoms with Crippen molar-refractivity contribution in [3.8, 4) is 22.9 Å². The summed E-state index contributed by atoms with van der Waals surface area (Å²) in [6.45, 7) is 1.90. The summed E-state index contributed by atoms with van der Waals surface area (Å²) in [5.74, 6) is -0.581. The van der Waals surface area contributed by atoms with Gasteiger partial charge in [0.2, 0.25) is 0 Å². The van der Waals surface area contributed by atoms with E-state index < -0.39 is 0 Å². The van der Waals surface area contributed by atoms with Gasteiger partial charge in [-0.3, -0.25) is 14.2 Å². The number of phenols is 2. The maximum Gasteiger partial charge on any atom is 0.266 e. The average Bonchev–Trinajstić information content (AvgIpc) is 2.79. The number of methoxy groups -OCH3 is 1. The molecule has 9 heteroatoms. The number of ketones is 1. The summed E-state index contributed by atoms with van der Waals surface area (Å²) in [5, 5.41) is 20.3. The lowest BCUT2D eigenvalue weighted by Gasteiger charge is -2.16. The van der Waals surface area contributed by atoms with E-state index in [2.05, 4.69) is 4.98 Å². The van der Waals surface area contributed by atoms with Crippen LogP contribution in [0.3, 0.4) is 0 Å². The monoisotopic (exact) mass is 482 g/mol. The van der Waals surface area contributed by atoms with E-state index in [0.717, 1.165) is 17.3 Å². The topological polar surface area (TPSA) is 102 Å². The first-order chi connectivity index (χ1) is 15.8. The van der Waals surface area contributed by atoms with Crippen LogP contribution in [0.2, 0.25) is 5.02 Å². The summed E-state index contributed by atoms with van der Waals surface area (Å²) < 4.78 is 6.90. The predicted molar refractivity (Wildman–Crippen MR) is 128 cm³/mol. The first-order valence-corrected chi connectivity index (χ1v) is 11.2. The van der Waals surface area contributed by atoms with E-state index in [9.17, 15) is 19.8 Å². The van der Waals surface area contributed by atoms with E-state index in [-0.39, 0.29) is 39.3 Å². The zero-order chi connectivity index (χ0) is 23.7. The molecule has 33 heavy (non-hydrogen) atoms. The third-order valence-corrected chi connectivity index (χ3v) is 6.18. The van der Waals surface area contributed by atoms with Crippen molar-refractivity contribution in [3.63, 3.8) is 0 Å². The van der Waals surface area contributed by atoms with E-state index in [1.807, 2.05) is 19.1 Å². The van der Waals surface area contributed by atoms with Crippen LogP contribution in [0.5, 0.6) is 17.2 Å². The predicted octanol–water partition coefficient (Wildman–Crippen LogP) is 4.74. The van der Waals surface area contributed by atoms with Gasteiger partial charge in [0, 0.05) is 10.6 Å². The van der Waals surface area contributed by atoms with Crippen molar-refractivity contribution in [1.82, 2.24) is 9.55 Å². The van der Waals surface area contributed by atoms with Gasteiger partial charge in [-0.2, -0.15) is 0 Å². The Balaban J connectivity index is 1.83. The fraction of sp³-hybridized carbons (Fsp3) is 0.125. The molecule has 7 nitrogen and oxygen atoms in total. The highest BCUT2D eigenvalue weighted by atomic mass is 35.5. The van der Waals surface area contributed by atoms with Crippen LogP contribution in [-0.2, 0) is 0 Å². The molecule has 0 aliphatic heterocycles. The van der Waals surface area contributed by atoms with E-state index in [0.29, 0.717) is 27.4 Å². The minimum atomic E-state index is -0.384. The molecule has 1 heterocycles. The number of nitrogens with zero attached hydrogens (tertiary/aromatic N) is 2. The van der Waals surface area contributed by atoms with E-state index in [1.165, 1.54) is 29.9 Å². The molecule has 4 aromatic rings. The molecule has 0 radical (unpaired) electrons. The highest BCUT2D eigenvalue weighted by molar-refractivity contribution is 7.99. The van der Waals surface area contributed by atoms with Crippen molar-refractivity contribution >= 4 is 40.0 Å². The van der Waals surface area contributed by atoms with Gasteiger partial charge in [0.05, 0.1) is 29.5 Å². The number of hydrogen-bond acceptors (Lipinski definition) is 7. The lowest BCUT2D eigenvalue weighted by molar-refractivity contribution is 0.102. The van der Waals surface area contributed by atoms with Crippen LogP contribution >= 0.6 is 23.4 Å². The summed E-state index contributed by atoms with van der Waals surface area (Å²) in [7, 11) is 1.51. The number of hydrogen-bond donors (Lipinski definition) is 2. The number of aromatic nitrogens is 2.